The van der Waals surface area contributed by atoms with Gasteiger partial charge >= 0.3 is 5.97 Å². The molecule has 3 aromatic rings. The van der Waals surface area contributed by atoms with Crippen LogP contribution in [0, 0.1) is 19.3 Å². The van der Waals surface area contributed by atoms with Gasteiger partial charge in [-0.25, -0.2) is 8.42 Å². The van der Waals surface area contributed by atoms with Crippen LogP contribution >= 0.6 is 0 Å². The minimum Gasteiger partial charge on any atom is -0.481 e. The Morgan fingerprint density at radius 1 is 1.15 bits per heavy atom. The van der Waals surface area contributed by atoms with Gasteiger partial charge in [-0.2, -0.15) is 4.98 Å². The van der Waals surface area contributed by atoms with Gasteiger partial charge in [0.25, 0.3) is 0 Å². The van der Waals surface area contributed by atoms with Crippen molar-refractivity contribution in [1.82, 2.24) is 9.88 Å². The second-order valence-corrected chi connectivity index (χ2v) is 13.4. The van der Waals surface area contributed by atoms with Crippen molar-refractivity contribution in [2.75, 3.05) is 30.2 Å². The molecule has 40 heavy (non-hydrogen) atoms. The first kappa shape index (κ1) is 28.1. The van der Waals surface area contributed by atoms with Crippen LogP contribution in [0.2, 0.25) is 0 Å². The van der Waals surface area contributed by atoms with Gasteiger partial charge in [-0.1, -0.05) is 29.8 Å². The zero-order valence-corrected chi connectivity index (χ0v) is 24.4. The van der Waals surface area contributed by atoms with Gasteiger partial charge in [0, 0.05) is 43.1 Å². The lowest BCUT2D eigenvalue weighted by molar-refractivity contribution is -0.154. The molecular formula is C30H37N3O6S. The van der Waals surface area contributed by atoms with E-state index in [1.165, 1.54) is 17.5 Å². The Morgan fingerprint density at radius 3 is 2.35 bits per heavy atom. The third-order valence-electron chi connectivity index (χ3n) is 8.54. The second-order valence-electron chi connectivity index (χ2n) is 11.5. The fourth-order valence-corrected chi connectivity index (χ4v) is 6.75. The van der Waals surface area contributed by atoms with Crippen molar-refractivity contribution in [3.8, 4) is 11.3 Å². The van der Waals surface area contributed by atoms with Crippen molar-refractivity contribution in [2.45, 2.75) is 65.2 Å². The smallest absolute Gasteiger partial charge is 0.309 e. The Kier molecular flexibility index (Phi) is 7.41. The number of benzene rings is 1. The van der Waals surface area contributed by atoms with E-state index in [4.69, 9.17) is 9.40 Å². The van der Waals surface area contributed by atoms with Gasteiger partial charge in [-0.05, 0) is 69.9 Å². The Bertz CT molecular complexity index is 1550. The van der Waals surface area contributed by atoms with E-state index in [9.17, 15) is 23.1 Å². The first-order valence-electron chi connectivity index (χ1n) is 13.9. The third-order valence-corrected chi connectivity index (χ3v) is 9.70. The first-order valence-corrected chi connectivity index (χ1v) is 15.7. The molecule has 10 heteroatoms. The number of aliphatic carboxylic acids is 1. The molecule has 0 atom stereocenters. The highest BCUT2D eigenvalue weighted by Crippen LogP contribution is 2.47. The molecule has 1 aliphatic heterocycles. The molecule has 1 saturated heterocycles. The van der Waals surface area contributed by atoms with E-state index in [1.54, 1.807) is 4.90 Å². The van der Waals surface area contributed by atoms with Gasteiger partial charge in [0.2, 0.25) is 21.6 Å². The zero-order chi connectivity index (χ0) is 28.8. The van der Waals surface area contributed by atoms with Gasteiger partial charge in [0.1, 0.15) is 11.6 Å². The number of furan rings is 1. The quantitative estimate of drug-likeness (QED) is 0.375. The maximum atomic E-state index is 13.1. The molecule has 1 saturated carbocycles. The Balaban J connectivity index is 1.45. The summed E-state index contributed by atoms with van der Waals surface area (Å²) in [6, 6.07) is 10.1. The van der Waals surface area contributed by atoms with Crippen LogP contribution in [-0.2, 0) is 19.6 Å². The minimum atomic E-state index is -3.71. The van der Waals surface area contributed by atoms with E-state index in [1.807, 2.05) is 44.2 Å². The lowest BCUT2D eigenvalue weighted by atomic mass is 9.75. The van der Waals surface area contributed by atoms with E-state index >= 15 is 0 Å². The second kappa shape index (κ2) is 10.5. The van der Waals surface area contributed by atoms with E-state index in [0.29, 0.717) is 56.1 Å². The summed E-state index contributed by atoms with van der Waals surface area (Å²) in [6.45, 7) is 6.41. The normalized spacial score (nSPS) is 17.2. The van der Waals surface area contributed by atoms with Crippen molar-refractivity contribution in [2.24, 2.45) is 5.41 Å². The summed E-state index contributed by atoms with van der Waals surface area (Å²) >= 11 is 0. The van der Waals surface area contributed by atoms with Gasteiger partial charge in [0.05, 0.1) is 11.7 Å². The number of amides is 1. The average Bonchev–Trinajstić information content (AvgIpc) is 3.70. The van der Waals surface area contributed by atoms with E-state index in [0.717, 1.165) is 40.5 Å². The molecule has 1 amide bonds. The Morgan fingerprint density at radius 2 is 1.80 bits per heavy atom. The fourth-order valence-electron chi connectivity index (χ4n) is 5.83. The molecule has 0 spiro atoms. The standard InChI is InChI=1S/C30H37N3O6S/c1-19-6-8-23(9-7-19)26-20(2)24-18-25(22-10-11-22)27(31-28(24)39-26)33(40(4,37)38)15-5-12-30(29(35)36)13-16-32(17-14-30)21(3)34/h6-9,18,22H,5,10-17H2,1-4H3,(H,35,36). The molecule has 1 aromatic carbocycles. The van der Waals surface area contributed by atoms with Gasteiger partial charge in [-0.3, -0.25) is 13.9 Å². The summed E-state index contributed by atoms with van der Waals surface area (Å²) in [7, 11) is -3.71. The molecule has 2 fully saturated rings. The molecule has 5 rings (SSSR count). The van der Waals surface area contributed by atoms with Crippen molar-refractivity contribution in [3.63, 3.8) is 0 Å². The number of carbonyl (C=O) groups excluding carboxylic acids is 1. The van der Waals surface area contributed by atoms with Gasteiger partial charge in [0.15, 0.2) is 0 Å². The van der Waals surface area contributed by atoms with Gasteiger partial charge < -0.3 is 14.4 Å². The minimum absolute atomic E-state index is 0.0602. The molecule has 214 valence electrons. The number of sulfonamides is 1. The van der Waals surface area contributed by atoms with Crippen molar-refractivity contribution in [3.05, 3.63) is 47.0 Å². The zero-order valence-electron chi connectivity index (χ0n) is 23.6. The summed E-state index contributed by atoms with van der Waals surface area (Å²) in [5.74, 6) is 0.365. The number of carboxylic acids is 1. The number of carbonyl (C=O) groups is 2. The molecule has 2 aromatic heterocycles. The number of hydrogen-bond acceptors (Lipinski definition) is 6. The number of aryl methyl sites for hydroxylation is 2. The number of anilines is 1. The van der Waals surface area contributed by atoms with Crippen LogP contribution in [-0.4, -0.2) is 61.2 Å². The molecule has 3 heterocycles. The maximum absolute atomic E-state index is 13.1. The highest BCUT2D eigenvalue weighted by atomic mass is 32.2. The summed E-state index contributed by atoms with van der Waals surface area (Å²) in [6.07, 6.45) is 4.48. The number of rotatable bonds is 9. The Labute approximate surface area is 235 Å². The third kappa shape index (κ3) is 5.46. The van der Waals surface area contributed by atoms with Crippen LogP contribution in [0.5, 0.6) is 0 Å². The number of aromatic nitrogens is 1. The van der Waals surface area contributed by atoms with E-state index in [2.05, 4.69) is 0 Å². The van der Waals surface area contributed by atoms with Crippen LogP contribution in [0.25, 0.3) is 22.4 Å². The molecule has 1 N–H and O–H groups in total. The maximum Gasteiger partial charge on any atom is 0.309 e. The fraction of sp³-hybridized carbons (Fsp3) is 0.500. The predicted molar refractivity (Wildman–Crippen MR) is 154 cm³/mol. The molecule has 1 aliphatic carbocycles. The number of hydrogen-bond donors (Lipinski definition) is 1. The lowest BCUT2D eigenvalue weighted by Crippen LogP contribution is -2.46. The number of piperidine rings is 1. The highest BCUT2D eigenvalue weighted by Gasteiger charge is 2.42. The number of likely N-dealkylation sites (tertiary alicyclic amines) is 1. The van der Waals surface area contributed by atoms with Crippen molar-refractivity contribution in [1.29, 1.82) is 0 Å². The van der Waals surface area contributed by atoms with Crippen LogP contribution in [0.15, 0.2) is 34.7 Å². The largest absolute Gasteiger partial charge is 0.481 e. The van der Waals surface area contributed by atoms with Crippen molar-refractivity contribution < 1.29 is 27.5 Å². The van der Waals surface area contributed by atoms with Crippen LogP contribution < -0.4 is 4.31 Å². The number of carboxylic acid groups (broad SMARTS) is 1. The summed E-state index contributed by atoms with van der Waals surface area (Å²) < 4.78 is 33.7. The SMILES string of the molecule is CC(=O)N1CCC(CCCN(c2nc3oc(-c4ccc(C)cc4)c(C)c3cc2C2CC2)S(C)(=O)=O)(C(=O)O)CC1. The van der Waals surface area contributed by atoms with E-state index < -0.39 is 21.4 Å². The highest BCUT2D eigenvalue weighted by molar-refractivity contribution is 7.92. The van der Waals surface area contributed by atoms with E-state index in [-0.39, 0.29) is 18.4 Å². The lowest BCUT2D eigenvalue weighted by Gasteiger charge is -2.39. The van der Waals surface area contributed by atoms with Crippen LogP contribution in [0.4, 0.5) is 5.82 Å². The summed E-state index contributed by atoms with van der Waals surface area (Å²) in [5.41, 5.74) is 3.34. The number of fused-ring (bicyclic) bond motifs is 1. The average molecular weight is 568 g/mol. The monoisotopic (exact) mass is 567 g/mol. The molecule has 2 aliphatic rings. The molecule has 9 nitrogen and oxygen atoms in total. The van der Waals surface area contributed by atoms with Crippen molar-refractivity contribution >= 4 is 38.8 Å². The molecular weight excluding hydrogens is 530 g/mol. The first-order chi connectivity index (χ1) is 18.9. The number of pyridine rings is 1. The molecule has 0 unspecified atom stereocenters. The summed E-state index contributed by atoms with van der Waals surface area (Å²) in [4.78, 5) is 30.5. The Hall–Kier alpha value is -3.40. The van der Waals surface area contributed by atoms with Crippen LogP contribution in [0.1, 0.15) is 68.1 Å². The topological polar surface area (TPSA) is 121 Å². The van der Waals surface area contributed by atoms with Crippen LogP contribution in [0.3, 0.4) is 0 Å². The van der Waals surface area contributed by atoms with Gasteiger partial charge in [-0.15, -0.1) is 0 Å². The molecule has 0 radical (unpaired) electrons. The molecule has 0 bridgehead atoms. The number of nitrogens with zero attached hydrogens (tertiary/aromatic N) is 3. The summed E-state index contributed by atoms with van der Waals surface area (Å²) in [5, 5.41) is 10.9. The predicted octanol–water partition coefficient (Wildman–Crippen LogP) is 5.25.